The first-order chi connectivity index (χ1) is 16.2. The number of rotatable bonds is 11. The van der Waals surface area contributed by atoms with Gasteiger partial charge in [0.1, 0.15) is 18.1 Å². The van der Waals surface area contributed by atoms with Crippen molar-refractivity contribution >= 4 is 28.9 Å². The first kappa shape index (κ1) is 24.2. The van der Waals surface area contributed by atoms with Crippen molar-refractivity contribution < 1.29 is 19.0 Å². The fourth-order valence-corrected chi connectivity index (χ4v) is 3.28. The van der Waals surface area contributed by atoms with Gasteiger partial charge in [-0.1, -0.05) is 54.6 Å². The van der Waals surface area contributed by atoms with Crippen LogP contribution in [-0.4, -0.2) is 37.4 Å². The van der Waals surface area contributed by atoms with Crippen molar-refractivity contribution in [2.75, 3.05) is 31.7 Å². The maximum absolute atomic E-state index is 12.9. The van der Waals surface area contributed by atoms with Crippen LogP contribution in [0, 0.1) is 0 Å². The second-order valence-electron chi connectivity index (χ2n) is 7.03. The first-order valence-corrected chi connectivity index (χ1v) is 11.3. The first-order valence-electron chi connectivity index (χ1n) is 10.8. The van der Waals surface area contributed by atoms with Gasteiger partial charge >= 0.3 is 0 Å². The smallest absolute Gasteiger partial charge is 0.261 e. The summed E-state index contributed by atoms with van der Waals surface area (Å²) in [5.41, 5.74) is 2.25. The van der Waals surface area contributed by atoms with Gasteiger partial charge in [-0.2, -0.15) is 0 Å². The van der Waals surface area contributed by atoms with Crippen molar-refractivity contribution in [3.05, 3.63) is 90.0 Å². The molecule has 0 aromatic heterocycles. The Bertz CT molecular complexity index is 1040. The van der Waals surface area contributed by atoms with Gasteiger partial charge in [-0.05, 0) is 49.0 Å². The Morgan fingerprint density at radius 3 is 2.27 bits per heavy atom. The molecule has 3 rings (SSSR count). The molecule has 0 spiro atoms. The Morgan fingerprint density at radius 1 is 0.818 bits per heavy atom. The number of carbonyl (C=O) groups excluding carboxylic acids is 1. The van der Waals surface area contributed by atoms with Crippen molar-refractivity contribution in [1.82, 2.24) is 5.32 Å². The van der Waals surface area contributed by atoms with Gasteiger partial charge in [0, 0.05) is 13.0 Å². The van der Waals surface area contributed by atoms with E-state index >= 15 is 0 Å². The molecule has 0 saturated heterocycles. The molecule has 0 aliphatic carbocycles. The third-order valence-electron chi connectivity index (χ3n) is 4.67. The molecule has 0 heterocycles. The highest BCUT2D eigenvalue weighted by Gasteiger charge is 2.14. The number of thiocarbonyl (C=S) groups is 1. The summed E-state index contributed by atoms with van der Waals surface area (Å²) < 4.78 is 16.9. The van der Waals surface area contributed by atoms with E-state index in [-0.39, 0.29) is 11.0 Å². The summed E-state index contributed by atoms with van der Waals surface area (Å²) in [7, 11) is 0. The number of para-hydroxylation sites is 3. The van der Waals surface area contributed by atoms with Crippen LogP contribution in [0.15, 0.2) is 78.9 Å². The Kier molecular flexibility index (Phi) is 9.69. The molecule has 3 aromatic rings. The van der Waals surface area contributed by atoms with Crippen molar-refractivity contribution in [3.8, 4) is 11.5 Å². The van der Waals surface area contributed by atoms with Crippen molar-refractivity contribution in [3.63, 3.8) is 0 Å². The molecule has 1 amide bonds. The Morgan fingerprint density at radius 2 is 1.48 bits per heavy atom. The van der Waals surface area contributed by atoms with Crippen LogP contribution in [0.3, 0.4) is 0 Å². The zero-order chi connectivity index (χ0) is 23.3. The highest BCUT2D eigenvalue weighted by atomic mass is 32.1. The molecule has 172 valence electrons. The van der Waals surface area contributed by atoms with Crippen LogP contribution < -0.4 is 20.1 Å². The van der Waals surface area contributed by atoms with Crippen LogP contribution in [0.25, 0.3) is 0 Å². The Hall–Kier alpha value is -3.42. The normalized spacial score (nSPS) is 10.3. The number of benzene rings is 3. The van der Waals surface area contributed by atoms with Gasteiger partial charge in [0.05, 0.1) is 24.5 Å². The molecule has 0 bridgehead atoms. The van der Waals surface area contributed by atoms with Gasteiger partial charge in [-0.25, -0.2) is 0 Å². The molecule has 3 aromatic carbocycles. The minimum absolute atomic E-state index is 0.167. The van der Waals surface area contributed by atoms with Crippen LogP contribution in [0.5, 0.6) is 11.5 Å². The van der Waals surface area contributed by atoms with E-state index in [9.17, 15) is 4.79 Å². The van der Waals surface area contributed by atoms with Gasteiger partial charge in [0.25, 0.3) is 5.91 Å². The van der Waals surface area contributed by atoms with Gasteiger partial charge in [-0.15, -0.1) is 0 Å². The molecule has 0 fully saturated rings. The van der Waals surface area contributed by atoms with Crippen molar-refractivity contribution in [2.24, 2.45) is 0 Å². The summed E-state index contributed by atoms with van der Waals surface area (Å²) >= 11 is 5.36. The number of hydrogen-bond acceptors (Lipinski definition) is 5. The second-order valence-corrected chi connectivity index (χ2v) is 7.44. The second kappa shape index (κ2) is 13.2. The van der Waals surface area contributed by atoms with Crippen molar-refractivity contribution in [2.45, 2.75) is 13.3 Å². The Balaban J connectivity index is 1.56. The summed E-state index contributed by atoms with van der Waals surface area (Å²) in [5.74, 6) is 0.782. The zero-order valence-corrected chi connectivity index (χ0v) is 19.4. The maximum Gasteiger partial charge on any atom is 0.261 e. The van der Waals surface area contributed by atoms with Crippen LogP contribution in [0.4, 0.5) is 5.69 Å². The van der Waals surface area contributed by atoms with E-state index in [1.165, 1.54) is 5.56 Å². The van der Waals surface area contributed by atoms with Gasteiger partial charge in [0.15, 0.2) is 5.11 Å². The molecular weight excluding hydrogens is 436 g/mol. The summed E-state index contributed by atoms with van der Waals surface area (Å²) in [4.78, 5) is 12.9. The number of ether oxygens (including phenoxy) is 3. The minimum atomic E-state index is -0.349. The van der Waals surface area contributed by atoms with E-state index < -0.39 is 0 Å². The average molecular weight is 465 g/mol. The quantitative estimate of drug-likeness (QED) is 0.312. The fraction of sp³-hybridized carbons (Fsp3) is 0.231. The van der Waals surface area contributed by atoms with Crippen LogP contribution in [0.1, 0.15) is 22.8 Å². The number of carbonyl (C=O) groups is 1. The third-order valence-corrected chi connectivity index (χ3v) is 4.88. The zero-order valence-electron chi connectivity index (χ0n) is 18.6. The Labute approximate surface area is 199 Å². The molecule has 6 nitrogen and oxygen atoms in total. The lowest BCUT2D eigenvalue weighted by atomic mass is 10.1. The maximum atomic E-state index is 12.9. The summed E-state index contributed by atoms with van der Waals surface area (Å²) in [6, 6.07) is 24.5. The van der Waals surface area contributed by atoms with E-state index in [1.807, 2.05) is 67.6 Å². The molecule has 7 heteroatoms. The molecule has 0 aliphatic rings. The predicted molar refractivity (Wildman–Crippen MR) is 134 cm³/mol. The topological polar surface area (TPSA) is 68.8 Å². The summed E-state index contributed by atoms with van der Waals surface area (Å²) in [6.07, 6.45) is 0.747. The molecule has 2 N–H and O–H groups in total. The highest BCUT2D eigenvalue weighted by Crippen LogP contribution is 2.24. The monoisotopic (exact) mass is 464 g/mol. The number of amides is 1. The predicted octanol–water partition coefficient (Wildman–Crippen LogP) is 4.85. The SMILES string of the molecule is CCOCCOc1ccccc1NC(=S)NC(=O)c1ccccc1OCCc1ccccc1. The van der Waals surface area contributed by atoms with Gasteiger partial charge in [-0.3, -0.25) is 10.1 Å². The van der Waals surface area contributed by atoms with E-state index in [0.717, 1.165) is 6.42 Å². The molecule has 0 aliphatic heterocycles. The molecule has 33 heavy (non-hydrogen) atoms. The van der Waals surface area contributed by atoms with Crippen LogP contribution >= 0.6 is 12.2 Å². The fourth-order valence-electron chi connectivity index (χ4n) is 3.08. The number of nitrogens with one attached hydrogen (secondary N) is 2. The minimum Gasteiger partial charge on any atom is -0.492 e. The molecule has 0 atom stereocenters. The van der Waals surface area contributed by atoms with E-state index in [4.69, 9.17) is 26.4 Å². The van der Waals surface area contributed by atoms with E-state index in [0.29, 0.717) is 49.2 Å². The molecule has 0 radical (unpaired) electrons. The third kappa shape index (κ3) is 7.89. The number of hydrogen-bond donors (Lipinski definition) is 2. The largest absolute Gasteiger partial charge is 0.492 e. The average Bonchev–Trinajstić information content (AvgIpc) is 2.83. The molecule has 0 unspecified atom stereocenters. The lowest BCUT2D eigenvalue weighted by molar-refractivity contribution is 0.0974. The summed E-state index contributed by atoms with van der Waals surface area (Å²) in [6.45, 7) is 3.94. The summed E-state index contributed by atoms with van der Waals surface area (Å²) in [5, 5.41) is 5.91. The lowest BCUT2D eigenvalue weighted by Gasteiger charge is -2.15. The van der Waals surface area contributed by atoms with Crippen LogP contribution in [-0.2, 0) is 11.2 Å². The highest BCUT2D eigenvalue weighted by molar-refractivity contribution is 7.80. The standard InChI is InChI=1S/C26H28N2O4S/c1-2-30-18-19-32-24-15-9-7-13-22(24)27-26(33)28-25(29)21-12-6-8-14-23(21)31-17-16-20-10-4-3-5-11-20/h3-15H,2,16-19H2,1H3,(H2,27,28,29,33). The van der Waals surface area contributed by atoms with E-state index in [1.54, 1.807) is 18.2 Å². The lowest BCUT2D eigenvalue weighted by Crippen LogP contribution is -2.34. The van der Waals surface area contributed by atoms with Gasteiger partial charge < -0.3 is 19.5 Å². The number of anilines is 1. The molecular formula is C26H28N2O4S. The van der Waals surface area contributed by atoms with Crippen molar-refractivity contribution in [1.29, 1.82) is 0 Å². The van der Waals surface area contributed by atoms with E-state index in [2.05, 4.69) is 10.6 Å². The van der Waals surface area contributed by atoms with Crippen LogP contribution in [0.2, 0.25) is 0 Å². The van der Waals surface area contributed by atoms with Gasteiger partial charge in [0.2, 0.25) is 0 Å². The molecule has 0 saturated carbocycles.